The van der Waals surface area contributed by atoms with E-state index in [0.717, 1.165) is 44.9 Å². The summed E-state index contributed by atoms with van der Waals surface area (Å²) in [6.07, 6.45) is 10.2. The number of furan rings is 1. The molecule has 3 heterocycles. The second-order valence-electron chi connectivity index (χ2n) is 11.7. The first kappa shape index (κ1) is 29.1. The van der Waals surface area contributed by atoms with Crippen LogP contribution in [0.4, 0.5) is 0 Å². The summed E-state index contributed by atoms with van der Waals surface area (Å²) in [6, 6.07) is 13.9. The molecule has 0 bridgehead atoms. The van der Waals surface area contributed by atoms with Gasteiger partial charge in [0.1, 0.15) is 11.2 Å². The number of aryl methyl sites for hydroxylation is 1. The molecule has 8 nitrogen and oxygen atoms in total. The van der Waals surface area contributed by atoms with E-state index in [1.54, 1.807) is 17.2 Å². The summed E-state index contributed by atoms with van der Waals surface area (Å²) in [5, 5.41) is 2.99. The van der Waals surface area contributed by atoms with Gasteiger partial charge < -0.3 is 24.1 Å². The molecule has 0 radical (unpaired) electrons. The molecule has 2 fully saturated rings. The maximum Gasteiger partial charge on any atom is 0.320 e. The number of piperidine rings is 1. The molecule has 41 heavy (non-hydrogen) atoms. The summed E-state index contributed by atoms with van der Waals surface area (Å²) in [5.41, 5.74) is 0.712. The highest BCUT2D eigenvalue weighted by Crippen LogP contribution is 2.52. The highest BCUT2D eigenvalue weighted by Gasteiger charge is 2.60. The van der Waals surface area contributed by atoms with E-state index < -0.39 is 23.4 Å². The zero-order valence-electron chi connectivity index (χ0n) is 24.2. The first-order valence-corrected chi connectivity index (χ1v) is 15.0. The summed E-state index contributed by atoms with van der Waals surface area (Å²) < 4.78 is 17.5. The average molecular weight is 563 g/mol. The third kappa shape index (κ3) is 6.27. The minimum atomic E-state index is -1.19. The van der Waals surface area contributed by atoms with E-state index >= 15 is 0 Å². The maximum atomic E-state index is 14.0. The van der Waals surface area contributed by atoms with Crippen LogP contribution in [0.15, 0.2) is 64.9 Å². The third-order valence-corrected chi connectivity index (χ3v) is 9.11. The number of carbonyl (C=O) groups excluding carboxylic acids is 3. The molecule has 8 heteroatoms. The predicted molar refractivity (Wildman–Crippen MR) is 153 cm³/mol. The van der Waals surface area contributed by atoms with E-state index in [1.165, 1.54) is 12.7 Å². The monoisotopic (exact) mass is 562 g/mol. The average Bonchev–Trinajstić information content (AvgIpc) is 3.71. The minimum absolute atomic E-state index is 0.00300. The number of rotatable bonds is 11. The lowest BCUT2D eigenvalue weighted by Crippen LogP contribution is -2.60. The van der Waals surface area contributed by atoms with Gasteiger partial charge in [0.15, 0.2) is 0 Å². The Balaban J connectivity index is 1.33. The molecule has 0 unspecified atom stereocenters. The van der Waals surface area contributed by atoms with Gasteiger partial charge in [0.05, 0.1) is 32.1 Å². The largest absolute Gasteiger partial charge is 0.468 e. The molecule has 4 atom stereocenters. The Kier molecular flexibility index (Phi) is 9.28. The molecule has 220 valence electrons. The molecule has 5 rings (SSSR count). The summed E-state index contributed by atoms with van der Waals surface area (Å²) in [4.78, 5) is 42.4. The molecule has 2 amide bonds. The van der Waals surface area contributed by atoms with Crippen molar-refractivity contribution in [2.45, 2.75) is 83.5 Å². The van der Waals surface area contributed by atoms with Gasteiger partial charge in [0.2, 0.25) is 11.8 Å². The number of carbonyl (C=O) groups is 3. The lowest BCUT2D eigenvalue weighted by atomic mass is 9.66. The van der Waals surface area contributed by atoms with Crippen LogP contribution in [0.2, 0.25) is 0 Å². The van der Waals surface area contributed by atoms with Crippen LogP contribution in [0.3, 0.4) is 0 Å². The van der Waals surface area contributed by atoms with Gasteiger partial charge in [0.25, 0.3) is 0 Å². The fraction of sp³-hybridized carbons (Fsp3) is 0.545. The van der Waals surface area contributed by atoms with Gasteiger partial charge in [-0.3, -0.25) is 14.4 Å². The zero-order valence-corrected chi connectivity index (χ0v) is 24.2. The van der Waals surface area contributed by atoms with Crippen LogP contribution in [0, 0.1) is 17.3 Å². The summed E-state index contributed by atoms with van der Waals surface area (Å²) >= 11 is 0. The maximum absolute atomic E-state index is 14.0. The van der Waals surface area contributed by atoms with E-state index in [4.69, 9.17) is 13.9 Å². The molecule has 2 aromatic rings. The lowest BCUT2D eigenvalue weighted by molar-refractivity contribution is -0.178. The third-order valence-electron chi connectivity index (χ3n) is 9.11. The number of amides is 2. The van der Waals surface area contributed by atoms with Crippen molar-refractivity contribution < 1.29 is 28.3 Å². The number of ether oxygens (including phenoxy) is 2. The van der Waals surface area contributed by atoms with Gasteiger partial charge in [-0.15, -0.1) is 0 Å². The molecule has 2 aliphatic heterocycles. The first-order valence-electron chi connectivity index (χ1n) is 15.0. The number of benzene rings is 1. The van der Waals surface area contributed by atoms with E-state index in [-0.39, 0.29) is 37.3 Å². The fourth-order valence-corrected chi connectivity index (χ4v) is 6.89. The highest BCUT2D eigenvalue weighted by molar-refractivity contribution is 5.92. The minimum Gasteiger partial charge on any atom is -0.468 e. The number of likely N-dealkylation sites (tertiary alicyclic amines) is 1. The summed E-state index contributed by atoms with van der Waals surface area (Å²) in [5.74, 6) is -0.541. The van der Waals surface area contributed by atoms with Gasteiger partial charge >= 0.3 is 5.97 Å². The fourth-order valence-electron chi connectivity index (χ4n) is 6.89. The van der Waals surface area contributed by atoms with Gasteiger partial charge in [-0.25, -0.2) is 0 Å². The Labute approximate surface area is 242 Å². The molecule has 1 aromatic carbocycles. The normalized spacial score (nSPS) is 26.4. The van der Waals surface area contributed by atoms with Crippen LogP contribution in [0.25, 0.3) is 0 Å². The molecular weight excluding hydrogens is 520 g/mol. The lowest BCUT2D eigenvalue weighted by Gasteiger charge is -2.52. The van der Waals surface area contributed by atoms with Crippen molar-refractivity contribution in [2.24, 2.45) is 17.3 Å². The predicted octanol–water partition coefficient (Wildman–Crippen LogP) is 5.18. The molecule has 1 aromatic heterocycles. The Morgan fingerprint density at radius 3 is 2.59 bits per heavy atom. The molecular formula is C33H42N2O6. The smallest absolute Gasteiger partial charge is 0.320 e. The number of esters is 1. The van der Waals surface area contributed by atoms with E-state index in [0.29, 0.717) is 23.9 Å². The van der Waals surface area contributed by atoms with Crippen molar-refractivity contribution in [3.05, 3.63) is 71.8 Å². The number of hydrogen-bond acceptors (Lipinski definition) is 6. The molecule has 3 aliphatic rings. The Morgan fingerprint density at radius 2 is 1.88 bits per heavy atom. The van der Waals surface area contributed by atoms with Crippen molar-refractivity contribution in [2.75, 3.05) is 13.7 Å². The number of methoxy groups -OCH3 is 1. The first-order chi connectivity index (χ1) is 19.9. The highest BCUT2D eigenvalue weighted by atomic mass is 16.5. The van der Waals surface area contributed by atoms with Crippen molar-refractivity contribution in [3.63, 3.8) is 0 Å². The van der Waals surface area contributed by atoms with Crippen molar-refractivity contribution >= 4 is 17.8 Å². The molecule has 0 spiro atoms. The van der Waals surface area contributed by atoms with E-state index in [2.05, 4.69) is 17.4 Å². The number of nitrogens with one attached hydrogen (secondary N) is 1. The summed E-state index contributed by atoms with van der Waals surface area (Å²) in [6.45, 7) is 2.62. The SMILES string of the molecule is COC(=O)[C@]12C[C@H](CC(=O)NCCCCc3ccccc3)C(=O)N(Cc3ccco3)C1=C[C@H](C1CCCC1)O[C@@H]2C. The number of nitrogens with zero attached hydrogens (tertiary/aromatic N) is 1. The van der Waals surface area contributed by atoms with Gasteiger partial charge in [-0.2, -0.15) is 0 Å². The molecule has 1 N–H and O–H groups in total. The van der Waals surface area contributed by atoms with Crippen LogP contribution < -0.4 is 5.32 Å². The Morgan fingerprint density at radius 1 is 1.10 bits per heavy atom. The van der Waals surface area contributed by atoms with Crippen LogP contribution in [-0.4, -0.2) is 48.5 Å². The second-order valence-corrected chi connectivity index (χ2v) is 11.7. The number of fused-ring (bicyclic) bond motifs is 1. The molecule has 1 saturated heterocycles. The van der Waals surface area contributed by atoms with E-state index in [9.17, 15) is 14.4 Å². The van der Waals surface area contributed by atoms with Crippen LogP contribution in [0.5, 0.6) is 0 Å². The van der Waals surface area contributed by atoms with Crippen LogP contribution in [0.1, 0.15) is 69.6 Å². The Hall–Kier alpha value is -3.39. The molecule has 1 aliphatic carbocycles. The van der Waals surface area contributed by atoms with Crippen LogP contribution in [-0.2, 0) is 36.8 Å². The van der Waals surface area contributed by atoms with E-state index in [1.807, 2.05) is 37.3 Å². The Bertz CT molecular complexity index is 1220. The topological polar surface area (TPSA) is 98.1 Å². The number of unbranched alkanes of at least 4 members (excludes halogenated alkanes) is 1. The van der Waals surface area contributed by atoms with Gasteiger partial charge in [0, 0.05) is 24.6 Å². The van der Waals surface area contributed by atoms with Gasteiger partial charge in [-0.05, 0) is 75.1 Å². The van der Waals surface area contributed by atoms with Crippen LogP contribution >= 0.6 is 0 Å². The number of hydrogen-bond donors (Lipinski definition) is 1. The summed E-state index contributed by atoms with van der Waals surface area (Å²) in [7, 11) is 1.37. The van der Waals surface area contributed by atoms with Crippen molar-refractivity contribution in [3.8, 4) is 0 Å². The molecule has 1 saturated carbocycles. The standard InChI is InChI=1S/C33H42N2O6/c1-23-33(32(38)39-2)21-26(19-30(36)34-17-9-8-13-24-11-4-3-5-12-24)31(37)35(22-27-16-10-18-40-27)29(33)20-28(41-23)25-14-6-7-15-25/h3-5,10-12,16,18,20,23,25-26,28H,6-9,13-15,17,19,21-22H2,1-2H3,(H,34,36)/t23-,26+,28-,33+/m1/s1. The van der Waals surface area contributed by atoms with Crippen molar-refractivity contribution in [1.29, 1.82) is 0 Å². The van der Waals surface area contributed by atoms with Gasteiger partial charge in [-0.1, -0.05) is 43.2 Å². The second kappa shape index (κ2) is 13.1. The van der Waals surface area contributed by atoms with Crippen molar-refractivity contribution in [1.82, 2.24) is 10.2 Å². The zero-order chi connectivity index (χ0) is 28.8. The quantitative estimate of drug-likeness (QED) is 0.300.